The number of piperazine rings is 1. The molecule has 0 spiro atoms. The van der Waals surface area contributed by atoms with E-state index in [0.717, 1.165) is 12.1 Å². The van der Waals surface area contributed by atoms with E-state index in [0.29, 0.717) is 24.7 Å². The largest absolute Gasteiger partial charge is 0.387 e. The molecule has 1 fully saturated rings. The maximum atomic E-state index is 11.5. The van der Waals surface area contributed by atoms with Gasteiger partial charge in [-0.15, -0.1) is 0 Å². The fourth-order valence-electron chi connectivity index (χ4n) is 2.85. The van der Waals surface area contributed by atoms with Crippen molar-refractivity contribution in [2.45, 2.75) is 32.4 Å². The number of carbonyl (C=O) groups is 1. The molecule has 1 aromatic carbocycles. The Morgan fingerprint density at radius 3 is 2.62 bits per heavy atom. The summed E-state index contributed by atoms with van der Waals surface area (Å²) < 4.78 is 0. The average Bonchev–Trinajstić information content (AvgIpc) is 2.40. The SMILES string of the molecule is CC(=O)N1CCN(CC(O)c2ccccc2Cl)C(C)(C)C1. The van der Waals surface area contributed by atoms with Crippen molar-refractivity contribution in [3.05, 3.63) is 34.9 Å². The Kier molecular flexibility index (Phi) is 4.91. The lowest BCUT2D eigenvalue weighted by atomic mass is 9.97. The van der Waals surface area contributed by atoms with Crippen LogP contribution in [0, 0.1) is 0 Å². The zero-order valence-corrected chi connectivity index (χ0v) is 13.6. The summed E-state index contributed by atoms with van der Waals surface area (Å²) in [6.07, 6.45) is -0.623. The van der Waals surface area contributed by atoms with Crippen molar-refractivity contribution in [2.75, 3.05) is 26.2 Å². The van der Waals surface area contributed by atoms with E-state index in [2.05, 4.69) is 18.7 Å². The van der Waals surface area contributed by atoms with Crippen LogP contribution in [0.15, 0.2) is 24.3 Å². The fourth-order valence-corrected chi connectivity index (χ4v) is 3.11. The van der Waals surface area contributed by atoms with Crippen LogP contribution >= 0.6 is 11.6 Å². The monoisotopic (exact) mass is 310 g/mol. The highest BCUT2D eigenvalue weighted by molar-refractivity contribution is 6.31. The number of amides is 1. The molecule has 1 aliphatic heterocycles. The maximum absolute atomic E-state index is 11.5. The molecule has 1 heterocycles. The molecule has 1 unspecified atom stereocenters. The van der Waals surface area contributed by atoms with Gasteiger partial charge in [0.1, 0.15) is 0 Å². The maximum Gasteiger partial charge on any atom is 0.219 e. The minimum atomic E-state index is -0.623. The van der Waals surface area contributed by atoms with Gasteiger partial charge in [0.25, 0.3) is 0 Å². The zero-order chi connectivity index (χ0) is 15.6. The highest BCUT2D eigenvalue weighted by atomic mass is 35.5. The summed E-state index contributed by atoms with van der Waals surface area (Å²) in [4.78, 5) is 15.6. The molecule has 1 aliphatic rings. The molecule has 1 N–H and O–H groups in total. The Hall–Kier alpha value is -1.10. The van der Waals surface area contributed by atoms with Crippen LogP contribution in [0.1, 0.15) is 32.4 Å². The molecule has 1 atom stereocenters. The summed E-state index contributed by atoms with van der Waals surface area (Å²) in [5.41, 5.74) is 0.593. The summed E-state index contributed by atoms with van der Waals surface area (Å²) in [7, 11) is 0. The molecule has 5 heteroatoms. The van der Waals surface area contributed by atoms with Crippen LogP contribution in [-0.2, 0) is 4.79 Å². The summed E-state index contributed by atoms with van der Waals surface area (Å²) in [6, 6.07) is 7.38. The van der Waals surface area contributed by atoms with Gasteiger partial charge in [0.15, 0.2) is 0 Å². The van der Waals surface area contributed by atoms with Gasteiger partial charge in [-0.25, -0.2) is 0 Å². The van der Waals surface area contributed by atoms with Crippen molar-refractivity contribution in [3.63, 3.8) is 0 Å². The van der Waals surface area contributed by atoms with Crippen LogP contribution in [0.4, 0.5) is 0 Å². The molecule has 21 heavy (non-hydrogen) atoms. The second kappa shape index (κ2) is 6.34. The number of β-amino-alcohol motifs (C(OH)–C–C–N with tert-alkyl or cyclic N) is 1. The predicted octanol–water partition coefficient (Wildman–Crippen LogP) is 2.32. The van der Waals surface area contributed by atoms with Crippen LogP contribution < -0.4 is 0 Å². The second-order valence-corrected chi connectivity index (χ2v) is 6.64. The third-order valence-corrected chi connectivity index (χ3v) is 4.52. The molecule has 1 saturated heterocycles. The molecule has 4 nitrogen and oxygen atoms in total. The molecule has 1 aromatic rings. The molecule has 0 saturated carbocycles. The van der Waals surface area contributed by atoms with E-state index < -0.39 is 6.10 Å². The minimum absolute atomic E-state index is 0.106. The Bertz CT molecular complexity index is 519. The smallest absolute Gasteiger partial charge is 0.219 e. The van der Waals surface area contributed by atoms with Gasteiger partial charge in [0.05, 0.1) is 6.10 Å². The van der Waals surface area contributed by atoms with Crippen molar-refractivity contribution in [3.8, 4) is 0 Å². The number of aliphatic hydroxyl groups is 1. The van der Waals surface area contributed by atoms with E-state index in [1.165, 1.54) is 0 Å². The van der Waals surface area contributed by atoms with E-state index in [4.69, 9.17) is 11.6 Å². The van der Waals surface area contributed by atoms with Gasteiger partial charge < -0.3 is 10.0 Å². The molecular formula is C16H23ClN2O2. The molecule has 0 radical (unpaired) electrons. The van der Waals surface area contributed by atoms with Gasteiger partial charge >= 0.3 is 0 Å². The van der Waals surface area contributed by atoms with Crippen molar-refractivity contribution in [1.29, 1.82) is 0 Å². The Balaban J connectivity index is 2.06. The third-order valence-electron chi connectivity index (χ3n) is 4.18. The summed E-state index contributed by atoms with van der Waals surface area (Å²) in [5.74, 6) is 0.106. The van der Waals surface area contributed by atoms with Crippen LogP contribution in [-0.4, -0.2) is 52.5 Å². The number of halogens is 1. The van der Waals surface area contributed by atoms with Gasteiger partial charge in [0, 0.05) is 49.2 Å². The Morgan fingerprint density at radius 1 is 1.38 bits per heavy atom. The van der Waals surface area contributed by atoms with Crippen LogP contribution in [0.3, 0.4) is 0 Å². The van der Waals surface area contributed by atoms with Crippen LogP contribution in [0.25, 0.3) is 0 Å². The van der Waals surface area contributed by atoms with Gasteiger partial charge in [-0.1, -0.05) is 29.8 Å². The lowest BCUT2D eigenvalue weighted by Gasteiger charge is -2.47. The summed E-state index contributed by atoms with van der Waals surface area (Å²) in [5, 5.41) is 11.0. The first-order chi connectivity index (χ1) is 9.81. The van der Waals surface area contributed by atoms with E-state index >= 15 is 0 Å². The zero-order valence-electron chi connectivity index (χ0n) is 12.8. The standard InChI is InChI=1S/C16H23ClN2O2/c1-12(20)18-8-9-19(16(2,3)11-18)10-15(21)13-6-4-5-7-14(13)17/h4-7,15,21H,8-11H2,1-3H3. The molecule has 0 bridgehead atoms. The number of hydrogen-bond donors (Lipinski definition) is 1. The Labute approximate surface area is 131 Å². The third kappa shape index (κ3) is 3.76. The number of hydrogen-bond acceptors (Lipinski definition) is 3. The van der Waals surface area contributed by atoms with Crippen LogP contribution in [0.2, 0.25) is 5.02 Å². The highest BCUT2D eigenvalue weighted by Gasteiger charge is 2.35. The van der Waals surface area contributed by atoms with Gasteiger partial charge in [-0.3, -0.25) is 9.69 Å². The summed E-state index contributed by atoms with van der Waals surface area (Å²) >= 11 is 6.14. The highest BCUT2D eigenvalue weighted by Crippen LogP contribution is 2.27. The quantitative estimate of drug-likeness (QED) is 0.932. The predicted molar refractivity (Wildman–Crippen MR) is 84.3 cm³/mol. The number of rotatable bonds is 3. The van der Waals surface area contributed by atoms with E-state index in [1.807, 2.05) is 23.1 Å². The van der Waals surface area contributed by atoms with E-state index in [1.54, 1.807) is 13.0 Å². The number of benzene rings is 1. The minimum Gasteiger partial charge on any atom is -0.387 e. The van der Waals surface area contributed by atoms with Crippen molar-refractivity contribution < 1.29 is 9.90 Å². The van der Waals surface area contributed by atoms with Crippen molar-refractivity contribution in [1.82, 2.24) is 9.80 Å². The topological polar surface area (TPSA) is 43.8 Å². The normalized spacial score (nSPS) is 20.3. The van der Waals surface area contributed by atoms with Gasteiger partial charge in [0.2, 0.25) is 5.91 Å². The van der Waals surface area contributed by atoms with Crippen molar-refractivity contribution >= 4 is 17.5 Å². The fraction of sp³-hybridized carbons (Fsp3) is 0.562. The molecular weight excluding hydrogens is 288 g/mol. The first-order valence-corrected chi connectivity index (χ1v) is 7.62. The van der Waals surface area contributed by atoms with E-state index in [9.17, 15) is 9.90 Å². The molecule has 1 amide bonds. The Morgan fingerprint density at radius 2 is 2.05 bits per heavy atom. The number of aliphatic hydroxyl groups excluding tert-OH is 1. The molecule has 0 aliphatic carbocycles. The molecule has 2 rings (SSSR count). The first-order valence-electron chi connectivity index (χ1n) is 7.24. The lowest BCUT2D eigenvalue weighted by Crippen LogP contribution is -2.60. The number of nitrogens with zero attached hydrogens (tertiary/aromatic N) is 2. The average molecular weight is 311 g/mol. The summed E-state index contributed by atoms with van der Waals surface area (Å²) in [6.45, 7) is 8.45. The van der Waals surface area contributed by atoms with Crippen molar-refractivity contribution in [2.24, 2.45) is 0 Å². The first kappa shape index (κ1) is 16.3. The number of carbonyl (C=O) groups excluding carboxylic acids is 1. The molecule has 0 aromatic heterocycles. The molecule has 116 valence electrons. The second-order valence-electron chi connectivity index (χ2n) is 6.24. The lowest BCUT2D eigenvalue weighted by molar-refractivity contribution is -0.134. The van der Waals surface area contributed by atoms with Gasteiger partial charge in [-0.2, -0.15) is 0 Å². The van der Waals surface area contributed by atoms with Gasteiger partial charge in [-0.05, 0) is 19.9 Å². The van der Waals surface area contributed by atoms with E-state index in [-0.39, 0.29) is 11.4 Å². The van der Waals surface area contributed by atoms with Crippen LogP contribution in [0.5, 0.6) is 0 Å².